The van der Waals surface area contributed by atoms with E-state index in [0.29, 0.717) is 12.2 Å². The van der Waals surface area contributed by atoms with Crippen LogP contribution in [0.15, 0.2) is 24.3 Å². The largest absolute Gasteiger partial charge is 0.493 e. The smallest absolute Gasteiger partial charge is 0.231 e. The Balaban J connectivity index is 1.68. The molecule has 0 N–H and O–H groups in total. The van der Waals surface area contributed by atoms with E-state index in [-0.39, 0.29) is 18.6 Å². The Kier molecular flexibility index (Phi) is 4.57. The molecule has 2 aromatic carbocycles. The van der Waals surface area contributed by atoms with Crippen LogP contribution in [0.25, 0.3) is 11.8 Å². The van der Waals surface area contributed by atoms with Gasteiger partial charge in [0.05, 0.1) is 20.3 Å². The molecule has 0 aromatic heterocycles. The van der Waals surface area contributed by atoms with Crippen LogP contribution in [-0.2, 0) is 11.2 Å². The van der Waals surface area contributed by atoms with Crippen LogP contribution in [0.1, 0.15) is 48.1 Å². The molecule has 1 unspecified atom stereocenters. The molecule has 0 aliphatic carbocycles. The number of fused-ring (bicyclic) bond motifs is 5. The standard InChI is InChI=1S/C24H25NO5/c1-14(26)4-6-18-23-16(5-7-20(27-2)24(23)28-3)10-19-17-12-22-21(29-13-30-22)11-15(17)8-9-25(18)19/h5,7,10-12,18H,4,6,8-9,13H2,1-3H3. The molecule has 0 radical (unpaired) electrons. The molecule has 0 bridgehead atoms. The number of benzene rings is 2. The molecule has 156 valence electrons. The first-order valence-corrected chi connectivity index (χ1v) is 10.3. The first kappa shape index (κ1) is 18.9. The highest BCUT2D eigenvalue weighted by Gasteiger charge is 2.36. The zero-order valence-corrected chi connectivity index (χ0v) is 17.5. The quantitative estimate of drug-likeness (QED) is 0.740. The number of methoxy groups -OCH3 is 2. The van der Waals surface area contributed by atoms with Crippen LogP contribution in [0.2, 0.25) is 0 Å². The lowest BCUT2D eigenvalue weighted by Gasteiger charge is -2.43. The summed E-state index contributed by atoms with van der Waals surface area (Å²) in [5.41, 5.74) is 5.77. The molecule has 0 saturated heterocycles. The highest BCUT2D eigenvalue weighted by molar-refractivity contribution is 5.88. The number of hydrogen-bond donors (Lipinski definition) is 0. The molecule has 0 saturated carbocycles. The summed E-state index contributed by atoms with van der Waals surface area (Å²) in [4.78, 5) is 14.2. The van der Waals surface area contributed by atoms with Gasteiger partial charge in [0, 0.05) is 29.8 Å². The van der Waals surface area contributed by atoms with Crippen LogP contribution in [0.4, 0.5) is 0 Å². The van der Waals surface area contributed by atoms with E-state index in [1.54, 1.807) is 21.1 Å². The van der Waals surface area contributed by atoms with Crippen molar-refractivity contribution in [3.8, 4) is 23.0 Å². The number of nitrogens with zero attached hydrogens (tertiary/aromatic N) is 1. The number of carbonyl (C=O) groups is 1. The summed E-state index contributed by atoms with van der Waals surface area (Å²) in [6.07, 6.45) is 4.36. The topological polar surface area (TPSA) is 57.2 Å². The predicted octanol–water partition coefficient (Wildman–Crippen LogP) is 4.21. The van der Waals surface area contributed by atoms with Crippen molar-refractivity contribution in [1.82, 2.24) is 4.90 Å². The lowest BCUT2D eigenvalue weighted by molar-refractivity contribution is -0.117. The molecule has 30 heavy (non-hydrogen) atoms. The van der Waals surface area contributed by atoms with Crippen molar-refractivity contribution in [2.24, 2.45) is 0 Å². The van der Waals surface area contributed by atoms with Crippen molar-refractivity contribution in [3.63, 3.8) is 0 Å². The molecule has 0 amide bonds. The number of ether oxygens (including phenoxy) is 4. The lowest BCUT2D eigenvalue weighted by Crippen LogP contribution is -2.36. The van der Waals surface area contributed by atoms with E-state index < -0.39 is 0 Å². The van der Waals surface area contributed by atoms with Crippen molar-refractivity contribution in [2.45, 2.75) is 32.2 Å². The molecule has 0 spiro atoms. The van der Waals surface area contributed by atoms with Gasteiger partial charge in [0.1, 0.15) is 5.78 Å². The van der Waals surface area contributed by atoms with E-state index in [2.05, 4.69) is 29.2 Å². The summed E-state index contributed by atoms with van der Waals surface area (Å²) in [6.45, 7) is 2.78. The van der Waals surface area contributed by atoms with Crippen LogP contribution in [0, 0.1) is 0 Å². The number of hydrogen-bond acceptors (Lipinski definition) is 6. The van der Waals surface area contributed by atoms with Crippen LogP contribution in [0.3, 0.4) is 0 Å². The summed E-state index contributed by atoms with van der Waals surface area (Å²) in [6, 6.07) is 8.24. The van der Waals surface area contributed by atoms with Crippen molar-refractivity contribution in [3.05, 3.63) is 46.5 Å². The molecule has 3 aliphatic heterocycles. The Bertz CT molecular complexity index is 1060. The fourth-order valence-corrected chi connectivity index (χ4v) is 4.81. The molecular formula is C24H25NO5. The van der Waals surface area contributed by atoms with Gasteiger partial charge in [-0.05, 0) is 55.2 Å². The van der Waals surface area contributed by atoms with Crippen LogP contribution in [-0.4, -0.2) is 38.2 Å². The zero-order chi connectivity index (χ0) is 20.8. The van der Waals surface area contributed by atoms with E-state index in [0.717, 1.165) is 53.5 Å². The van der Waals surface area contributed by atoms with Crippen LogP contribution in [0.5, 0.6) is 23.0 Å². The van der Waals surface area contributed by atoms with Crippen molar-refractivity contribution >= 4 is 17.6 Å². The molecule has 6 heteroatoms. The van der Waals surface area contributed by atoms with Gasteiger partial charge in [-0.2, -0.15) is 0 Å². The van der Waals surface area contributed by atoms with Gasteiger partial charge in [0.15, 0.2) is 23.0 Å². The lowest BCUT2D eigenvalue weighted by atomic mass is 9.84. The SMILES string of the molecule is COc1ccc2c(c1OC)C(CCC(C)=O)N1CCc3cc4c(cc3C1=C2)OCO4. The highest BCUT2D eigenvalue weighted by Crippen LogP contribution is 2.50. The fraction of sp³-hybridized carbons (Fsp3) is 0.375. The van der Waals surface area contributed by atoms with Gasteiger partial charge in [-0.25, -0.2) is 0 Å². The van der Waals surface area contributed by atoms with Crippen LogP contribution >= 0.6 is 0 Å². The Morgan fingerprint density at radius 3 is 2.70 bits per heavy atom. The number of rotatable bonds is 5. The Morgan fingerprint density at radius 2 is 1.97 bits per heavy atom. The van der Waals surface area contributed by atoms with Crippen molar-refractivity contribution in [2.75, 3.05) is 27.6 Å². The predicted molar refractivity (Wildman–Crippen MR) is 113 cm³/mol. The first-order valence-electron chi connectivity index (χ1n) is 10.3. The van der Waals surface area contributed by atoms with Gasteiger partial charge in [-0.3, -0.25) is 0 Å². The van der Waals surface area contributed by atoms with E-state index in [1.165, 1.54) is 11.1 Å². The molecule has 6 nitrogen and oxygen atoms in total. The second kappa shape index (κ2) is 7.27. The Labute approximate surface area is 176 Å². The van der Waals surface area contributed by atoms with Crippen LogP contribution < -0.4 is 18.9 Å². The normalized spacial score (nSPS) is 18.2. The zero-order valence-electron chi connectivity index (χ0n) is 17.5. The maximum Gasteiger partial charge on any atom is 0.231 e. The van der Waals surface area contributed by atoms with E-state index in [4.69, 9.17) is 18.9 Å². The Morgan fingerprint density at radius 1 is 1.17 bits per heavy atom. The first-order chi connectivity index (χ1) is 14.6. The fourth-order valence-electron chi connectivity index (χ4n) is 4.81. The summed E-state index contributed by atoms with van der Waals surface area (Å²) < 4.78 is 22.5. The average Bonchev–Trinajstić information content (AvgIpc) is 3.21. The summed E-state index contributed by atoms with van der Waals surface area (Å²) >= 11 is 0. The number of carbonyl (C=O) groups excluding carboxylic acids is 1. The van der Waals surface area contributed by atoms with Gasteiger partial charge in [0.25, 0.3) is 0 Å². The molecular weight excluding hydrogens is 382 g/mol. The molecule has 3 heterocycles. The van der Waals surface area contributed by atoms with E-state index in [9.17, 15) is 4.79 Å². The Hall–Kier alpha value is -3.15. The van der Waals surface area contributed by atoms with Gasteiger partial charge in [-0.15, -0.1) is 0 Å². The molecule has 5 rings (SSSR count). The van der Waals surface area contributed by atoms with Gasteiger partial charge in [-0.1, -0.05) is 6.07 Å². The third-order valence-electron chi connectivity index (χ3n) is 6.20. The number of ketones is 1. The second-order valence-corrected chi connectivity index (χ2v) is 7.90. The molecule has 2 aromatic rings. The minimum absolute atomic E-state index is 0.0347. The minimum atomic E-state index is 0.0347. The summed E-state index contributed by atoms with van der Waals surface area (Å²) in [5, 5.41) is 0. The second-order valence-electron chi connectivity index (χ2n) is 7.90. The maximum absolute atomic E-state index is 11.8. The molecule has 3 aliphatic rings. The highest BCUT2D eigenvalue weighted by atomic mass is 16.7. The summed E-state index contributed by atoms with van der Waals surface area (Å²) in [7, 11) is 3.32. The van der Waals surface area contributed by atoms with Gasteiger partial charge in [0.2, 0.25) is 6.79 Å². The van der Waals surface area contributed by atoms with E-state index >= 15 is 0 Å². The maximum atomic E-state index is 11.8. The van der Waals surface area contributed by atoms with Crippen molar-refractivity contribution in [1.29, 1.82) is 0 Å². The molecule has 0 fully saturated rings. The van der Waals surface area contributed by atoms with Gasteiger partial charge < -0.3 is 28.6 Å². The minimum Gasteiger partial charge on any atom is -0.493 e. The monoisotopic (exact) mass is 407 g/mol. The van der Waals surface area contributed by atoms with Crippen molar-refractivity contribution < 1.29 is 23.7 Å². The molecule has 1 atom stereocenters. The average molecular weight is 407 g/mol. The third kappa shape index (κ3) is 2.90. The summed E-state index contributed by atoms with van der Waals surface area (Å²) in [5.74, 6) is 3.25. The number of Topliss-reactive ketones (excluding diaryl/α,β-unsaturated/α-hetero) is 1. The third-order valence-corrected chi connectivity index (χ3v) is 6.20. The van der Waals surface area contributed by atoms with Gasteiger partial charge >= 0.3 is 0 Å². The van der Waals surface area contributed by atoms with E-state index in [1.807, 2.05) is 6.07 Å².